The van der Waals surface area contributed by atoms with E-state index in [9.17, 15) is 0 Å². The van der Waals surface area contributed by atoms with E-state index >= 15 is 0 Å². The number of piperazine rings is 1. The molecule has 0 spiro atoms. The van der Waals surface area contributed by atoms with Crippen LogP contribution in [-0.2, 0) is 4.74 Å². The number of aryl methyl sites for hydroxylation is 1. The minimum Gasteiger partial charge on any atom is -0.377 e. The van der Waals surface area contributed by atoms with Crippen LogP contribution in [0.15, 0.2) is 4.52 Å². The average Bonchev–Trinajstić information content (AvgIpc) is 2.89. The summed E-state index contributed by atoms with van der Waals surface area (Å²) in [6.45, 7) is 6.86. The Morgan fingerprint density at radius 1 is 1.30 bits per heavy atom. The number of ether oxygens (including phenoxy) is 1. The van der Waals surface area contributed by atoms with E-state index in [1.807, 2.05) is 6.92 Å². The number of hydrogen-bond acceptors (Lipinski definition) is 6. The third-order valence-electron chi connectivity index (χ3n) is 4.30. The molecule has 0 radical (unpaired) electrons. The van der Waals surface area contributed by atoms with Crippen molar-refractivity contribution in [2.75, 3.05) is 39.8 Å². The highest BCUT2D eigenvalue weighted by Gasteiger charge is 2.31. The highest BCUT2D eigenvalue weighted by molar-refractivity contribution is 4.96. The molecule has 3 rings (SSSR count). The van der Waals surface area contributed by atoms with Gasteiger partial charge in [-0.05, 0) is 33.2 Å². The highest BCUT2D eigenvalue weighted by Crippen LogP contribution is 2.24. The molecule has 0 saturated carbocycles. The van der Waals surface area contributed by atoms with E-state index in [1.165, 1.54) is 19.3 Å². The molecule has 6 nitrogen and oxygen atoms in total. The fourth-order valence-corrected chi connectivity index (χ4v) is 3.05. The Labute approximate surface area is 120 Å². The quantitative estimate of drug-likeness (QED) is 0.830. The van der Waals surface area contributed by atoms with Gasteiger partial charge in [0.05, 0.1) is 6.10 Å². The minimum absolute atomic E-state index is 0.202. The molecule has 0 aromatic carbocycles. The van der Waals surface area contributed by atoms with Crippen molar-refractivity contribution in [3.63, 3.8) is 0 Å². The first kappa shape index (κ1) is 14.0. The lowest BCUT2D eigenvalue weighted by atomic mass is 10.1. The summed E-state index contributed by atoms with van der Waals surface area (Å²) < 4.78 is 11.2. The zero-order valence-corrected chi connectivity index (χ0v) is 12.4. The van der Waals surface area contributed by atoms with Crippen molar-refractivity contribution in [2.45, 2.75) is 38.3 Å². The molecule has 0 N–H and O–H groups in total. The van der Waals surface area contributed by atoms with Crippen molar-refractivity contribution in [1.82, 2.24) is 19.9 Å². The molecule has 2 saturated heterocycles. The Bertz CT molecular complexity index is 431. The summed E-state index contributed by atoms with van der Waals surface area (Å²) in [4.78, 5) is 9.16. The first-order chi connectivity index (χ1) is 9.72. The lowest BCUT2D eigenvalue weighted by Crippen LogP contribution is -2.49. The maximum Gasteiger partial charge on any atom is 0.245 e. The number of likely N-dealkylation sites (N-methyl/N-ethyl adjacent to an activating group) is 1. The first-order valence-corrected chi connectivity index (χ1v) is 7.57. The van der Waals surface area contributed by atoms with Crippen LogP contribution in [0.2, 0.25) is 0 Å². The van der Waals surface area contributed by atoms with Gasteiger partial charge in [0.1, 0.15) is 6.04 Å². The second-order valence-corrected chi connectivity index (χ2v) is 5.92. The summed E-state index contributed by atoms with van der Waals surface area (Å²) in [5, 5.41) is 3.91. The van der Waals surface area contributed by atoms with Gasteiger partial charge in [0, 0.05) is 32.8 Å². The van der Waals surface area contributed by atoms with Crippen LogP contribution in [0.4, 0.5) is 0 Å². The van der Waals surface area contributed by atoms with Crippen molar-refractivity contribution in [3.8, 4) is 0 Å². The lowest BCUT2D eigenvalue weighted by molar-refractivity contribution is -0.0225. The van der Waals surface area contributed by atoms with E-state index in [2.05, 4.69) is 27.0 Å². The third-order valence-corrected chi connectivity index (χ3v) is 4.30. The van der Waals surface area contributed by atoms with Crippen LogP contribution in [0.1, 0.15) is 37.0 Å². The molecule has 2 aliphatic rings. The van der Waals surface area contributed by atoms with Gasteiger partial charge in [0.15, 0.2) is 5.82 Å². The molecule has 2 unspecified atom stereocenters. The van der Waals surface area contributed by atoms with Crippen molar-refractivity contribution in [2.24, 2.45) is 0 Å². The predicted octanol–water partition coefficient (Wildman–Crippen LogP) is 1.24. The zero-order valence-electron chi connectivity index (χ0n) is 12.4. The predicted molar refractivity (Wildman–Crippen MR) is 74.4 cm³/mol. The summed E-state index contributed by atoms with van der Waals surface area (Å²) in [5.41, 5.74) is 0. The molecule has 112 valence electrons. The van der Waals surface area contributed by atoms with Gasteiger partial charge in [0.2, 0.25) is 5.89 Å². The number of aromatic nitrogens is 2. The molecule has 20 heavy (non-hydrogen) atoms. The second-order valence-electron chi connectivity index (χ2n) is 5.92. The second kappa shape index (κ2) is 6.20. The highest BCUT2D eigenvalue weighted by atomic mass is 16.5. The van der Waals surface area contributed by atoms with Gasteiger partial charge < -0.3 is 9.26 Å². The van der Waals surface area contributed by atoms with Crippen LogP contribution in [0, 0.1) is 6.92 Å². The van der Waals surface area contributed by atoms with Crippen molar-refractivity contribution in [3.05, 3.63) is 11.7 Å². The Morgan fingerprint density at radius 2 is 2.20 bits per heavy atom. The molecule has 2 atom stereocenters. The van der Waals surface area contributed by atoms with E-state index < -0.39 is 0 Å². The lowest BCUT2D eigenvalue weighted by Gasteiger charge is -2.39. The average molecular weight is 280 g/mol. The van der Waals surface area contributed by atoms with Crippen LogP contribution in [0.3, 0.4) is 0 Å². The summed E-state index contributed by atoms with van der Waals surface area (Å²) in [5.74, 6) is 1.44. The van der Waals surface area contributed by atoms with Crippen molar-refractivity contribution in [1.29, 1.82) is 0 Å². The van der Waals surface area contributed by atoms with Gasteiger partial charge >= 0.3 is 0 Å². The maximum absolute atomic E-state index is 5.85. The van der Waals surface area contributed by atoms with Crippen molar-refractivity contribution < 1.29 is 9.26 Å². The van der Waals surface area contributed by atoms with Gasteiger partial charge in [-0.3, -0.25) is 9.80 Å². The number of hydrogen-bond donors (Lipinski definition) is 0. The van der Waals surface area contributed by atoms with Crippen LogP contribution in [0.5, 0.6) is 0 Å². The smallest absolute Gasteiger partial charge is 0.245 e. The molecule has 1 aromatic heterocycles. The van der Waals surface area contributed by atoms with E-state index in [0.29, 0.717) is 11.9 Å². The Balaban J connectivity index is 1.60. The third kappa shape index (κ3) is 3.19. The van der Waals surface area contributed by atoms with Gasteiger partial charge in [-0.15, -0.1) is 0 Å². The number of nitrogens with zero attached hydrogens (tertiary/aromatic N) is 4. The van der Waals surface area contributed by atoms with Crippen LogP contribution in [-0.4, -0.2) is 65.9 Å². The fraction of sp³-hybridized carbons (Fsp3) is 0.857. The summed E-state index contributed by atoms with van der Waals surface area (Å²) in [6, 6.07) is 0.202. The summed E-state index contributed by atoms with van der Waals surface area (Å²) in [7, 11) is 2.12. The van der Waals surface area contributed by atoms with E-state index in [4.69, 9.17) is 9.26 Å². The monoisotopic (exact) mass is 280 g/mol. The SMILES string of the molecule is Cc1noc(C2CN(CC3CCCCO3)CCN2C)n1. The molecule has 2 fully saturated rings. The minimum atomic E-state index is 0.202. The van der Waals surface area contributed by atoms with Gasteiger partial charge in [-0.25, -0.2) is 0 Å². The molecule has 0 bridgehead atoms. The topological polar surface area (TPSA) is 54.6 Å². The molecule has 0 aliphatic carbocycles. The largest absolute Gasteiger partial charge is 0.377 e. The molecule has 1 aromatic rings. The summed E-state index contributed by atoms with van der Waals surface area (Å²) in [6.07, 6.45) is 4.10. The van der Waals surface area contributed by atoms with Crippen LogP contribution in [0.25, 0.3) is 0 Å². The van der Waals surface area contributed by atoms with Gasteiger partial charge in [-0.1, -0.05) is 5.16 Å². The molecular weight excluding hydrogens is 256 g/mol. The Morgan fingerprint density at radius 3 is 2.90 bits per heavy atom. The molecule has 3 heterocycles. The standard InChI is InChI=1S/C14H24N4O2/c1-11-15-14(20-16-11)13-10-18(7-6-17(13)2)9-12-5-3-4-8-19-12/h12-13H,3-10H2,1-2H3. The van der Waals surface area contributed by atoms with E-state index in [1.54, 1.807) is 0 Å². The van der Waals surface area contributed by atoms with Crippen LogP contribution >= 0.6 is 0 Å². The molecule has 2 aliphatic heterocycles. The van der Waals surface area contributed by atoms with Crippen LogP contribution < -0.4 is 0 Å². The number of rotatable bonds is 3. The Hall–Kier alpha value is -0.980. The Kier molecular flexibility index (Phi) is 4.33. The van der Waals surface area contributed by atoms with E-state index in [-0.39, 0.29) is 6.04 Å². The summed E-state index contributed by atoms with van der Waals surface area (Å²) >= 11 is 0. The molecule has 6 heteroatoms. The van der Waals surface area contributed by atoms with E-state index in [0.717, 1.165) is 38.7 Å². The fourth-order valence-electron chi connectivity index (χ4n) is 3.05. The normalized spacial score (nSPS) is 29.7. The zero-order chi connectivity index (χ0) is 13.9. The van der Waals surface area contributed by atoms with Gasteiger partial charge in [0.25, 0.3) is 0 Å². The molecule has 0 amide bonds. The van der Waals surface area contributed by atoms with Crippen molar-refractivity contribution >= 4 is 0 Å². The van der Waals surface area contributed by atoms with Gasteiger partial charge in [-0.2, -0.15) is 4.98 Å². The molecular formula is C14H24N4O2. The first-order valence-electron chi connectivity index (χ1n) is 7.57. The maximum atomic E-state index is 5.85.